The molecular formula is C30H26F6N4O5. The van der Waals surface area contributed by atoms with Crippen LogP contribution in [0.1, 0.15) is 36.7 Å². The molecule has 1 saturated heterocycles. The van der Waals surface area contributed by atoms with E-state index in [1.165, 1.54) is 31.9 Å². The highest BCUT2D eigenvalue weighted by atomic mass is 19.4. The van der Waals surface area contributed by atoms with E-state index in [1.807, 2.05) is 0 Å². The number of benzene rings is 3. The Balaban J connectivity index is 1.65. The highest BCUT2D eigenvalue weighted by Crippen LogP contribution is 2.43. The number of anilines is 1. The third-order valence-corrected chi connectivity index (χ3v) is 7.65. The molecule has 2 heterocycles. The smallest absolute Gasteiger partial charge is 0.447 e. The molecule has 0 radical (unpaired) electrons. The molecule has 0 aliphatic carbocycles. The largest absolute Gasteiger partial charge is 0.496 e. The molecule has 2 amide bonds. The van der Waals surface area contributed by atoms with Crippen molar-refractivity contribution < 1.29 is 40.4 Å². The summed E-state index contributed by atoms with van der Waals surface area (Å²) in [5.74, 6) is -0.826. The topological polar surface area (TPSA) is 89.9 Å². The molecule has 45 heavy (non-hydrogen) atoms. The van der Waals surface area contributed by atoms with Crippen molar-refractivity contribution in [3.63, 3.8) is 0 Å². The van der Waals surface area contributed by atoms with E-state index in [9.17, 15) is 40.7 Å². The number of rotatable bonds is 7. The second-order valence-corrected chi connectivity index (χ2v) is 10.8. The van der Waals surface area contributed by atoms with Gasteiger partial charge in [0.15, 0.2) is 6.17 Å². The summed E-state index contributed by atoms with van der Waals surface area (Å²) >= 11 is 0. The first kappa shape index (κ1) is 31.5. The molecule has 238 valence electrons. The van der Waals surface area contributed by atoms with Gasteiger partial charge in [0.25, 0.3) is 0 Å². The van der Waals surface area contributed by atoms with E-state index in [4.69, 9.17) is 9.26 Å². The standard InChI is InChI=1S/C30H26F6N4O5/c1-28(2)24(40-26(42)39(27(43)45-40)22-12-7-10-20(17-22)30(34,35)36)38(21-11-6-9-19(16-21)29(31,32)33)25(41)37(28)15-14-18-8-4-5-13-23(18)44-3/h4-13,16-17,24H,14-15H2,1-3H3/t24-/m0/s1. The van der Waals surface area contributed by atoms with E-state index < -0.39 is 58.3 Å². The highest BCUT2D eigenvalue weighted by Gasteiger charge is 2.55. The molecule has 0 bridgehead atoms. The molecule has 0 spiro atoms. The molecule has 3 aromatic carbocycles. The lowest BCUT2D eigenvalue weighted by Gasteiger charge is -2.34. The molecule has 0 saturated carbocycles. The molecule has 1 atom stereocenters. The van der Waals surface area contributed by atoms with Crippen LogP contribution in [0.4, 0.5) is 36.8 Å². The predicted molar refractivity (Wildman–Crippen MR) is 149 cm³/mol. The van der Waals surface area contributed by atoms with Gasteiger partial charge in [-0.25, -0.2) is 14.4 Å². The van der Waals surface area contributed by atoms with E-state index in [0.29, 0.717) is 21.1 Å². The van der Waals surface area contributed by atoms with E-state index in [2.05, 4.69) is 0 Å². The van der Waals surface area contributed by atoms with Crippen LogP contribution in [-0.2, 0) is 18.8 Å². The number of amides is 2. The molecule has 15 heteroatoms. The number of para-hydroxylation sites is 1. The zero-order chi connectivity index (χ0) is 32.9. The van der Waals surface area contributed by atoms with E-state index in [-0.39, 0.29) is 18.7 Å². The van der Waals surface area contributed by atoms with Crippen molar-refractivity contribution in [2.24, 2.45) is 0 Å². The van der Waals surface area contributed by atoms with Crippen LogP contribution in [0.5, 0.6) is 5.75 Å². The van der Waals surface area contributed by atoms with Gasteiger partial charge in [0.1, 0.15) is 5.75 Å². The van der Waals surface area contributed by atoms with Crippen molar-refractivity contribution in [2.45, 2.75) is 44.3 Å². The van der Waals surface area contributed by atoms with Crippen LogP contribution in [0.2, 0.25) is 0 Å². The SMILES string of the molecule is COc1ccccc1CCN1C(=O)N(c2cccc(C(F)(F)F)c2)[C@@H](n2oc(=O)n(-c3cccc(C(F)(F)F)c3)c2=O)C1(C)C. The first-order valence-corrected chi connectivity index (χ1v) is 13.5. The van der Waals surface area contributed by atoms with Crippen LogP contribution in [0.3, 0.4) is 0 Å². The second-order valence-electron chi connectivity index (χ2n) is 10.8. The van der Waals surface area contributed by atoms with Crippen LogP contribution >= 0.6 is 0 Å². The Bertz CT molecular complexity index is 1860. The van der Waals surface area contributed by atoms with Gasteiger partial charge < -0.3 is 14.2 Å². The number of methoxy groups -OCH3 is 1. The Hall–Kier alpha value is -4.95. The van der Waals surface area contributed by atoms with Gasteiger partial charge in [0, 0.05) is 12.2 Å². The normalized spacial score (nSPS) is 16.8. The van der Waals surface area contributed by atoms with Crippen molar-refractivity contribution in [3.8, 4) is 11.4 Å². The van der Waals surface area contributed by atoms with Crippen molar-refractivity contribution in [1.82, 2.24) is 14.2 Å². The molecule has 0 unspecified atom stereocenters. The molecular weight excluding hydrogens is 610 g/mol. The maximum Gasteiger partial charge on any atom is 0.447 e. The Morgan fingerprint density at radius 3 is 2.00 bits per heavy atom. The predicted octanol–water partition coefficient (Wildman–Crippen LogP) is 6.10. The fourth-order valence-electron chi connectivity index (χ4n) is 5.47. The zero-order valence-corrected chi connectivity index (χ0v) is 24.0. The summed E-state index contributed by atoms with van der Waals surface area (Å²) in [5.41, 5.74) is -4.87. The number of hydrogen-bond donors (Lipinski definition) is 0. The van der Waals surface area contributed by atoms with Gasteiger partial charge in [0.05, 0.1) is 29.5 Å². The Kier molecular flexibility index (Phi) is 7.83. The number of alkyl halides is 6. The first-order chi connectivity index (χ1) is 21.1. The molecule has 1 aromatic heterocycles. The van der Waals surface area contributed by atoms with Crippen molar-refractivity contribution >= 4 is 11.7 Å². The third kappa shape index (κ3) is 5.69. The maximum atomic E-state index is 14.0. The molecule has 1 aliphatic rings. The fourth-order valence-corrected chi connectivity index (χ4v) is 5.47. The molecule has 1 aliphatic heterocycles. The average molecular weight is 637 g/mol. The monoisotopic (exact) mass is 636 g/mol. The summed E-state index contributed by atoms with van der Waals surface area (Å²) in [6.45, 7) is 3.06. The molecule has 0 N–H and O–H groups in total. The lowest BCUT2D eigenvalue weighted by atomic mass is 9.99. The molecule has 1 fully saturated rings. The number of ether oxygens (including phenoxy) is 1. The summed E-state index contributed by atoms with van der Waals surface area (Å²) in [5, 5.41) is 0. The van der Waals surface area contributed by atoms with E-state index in [1.54, 1.807) is 24.3 Å². The fraction of sp³-hybridized carbons (Fsp3) is 0.300. The lowest BCUT2D eigenvalue weighted by Crippen LogP contribution is -2.47. The summed E-state index contributed by atoms with van der Waals surface area (Å²) in [6.07, 6.45) is -10.9. The number of aromatic nitrogens is 2. The van der Waals surface area contributed by atoms with E-state index >= 15 is 0 Å². The van der Waals surface area contributed by atoms with Gasteiger partial charge in [-0.3, -0.25) is 4.90 Å². The van der Waals surface area contributed by atoms with Gasteiger partial charge >= 0.3 is 29.8 Å². The van der Waals surface area contributed by atoms with E-state index in [0.717, 1.165) is 46.9 Å². The second kappa shape index (κ2) is 11.2. The number of carbonyl (C=O) groups excluding carboxylic acids is 1. The minimum atomic E-state index is -4.79. The molecule has 5 rings (SSSR count). The summed E-state index contributed by atoms with van der Waals surface area (Å²) in [4.78, 5) is 42.9. The molecule has 9 nitrogen and oxygen atoms in total. The number of nitrogens with zero attached hydrogens (tertiary/aromatic N) is 4. The van der Waals surface area contributed by atoms with Crippen LogP contribution in [0, 0.1) is 0 Å². The van der Waals surface area contributed by atoms with Crippen molar-refractivity contribution in [1.29, 1.82) is 0 Å². The summed E-state index contributed by atoms with van der Waals surface area (Å²) in [6, 6.07) is 13.5. The van der Waals surface area contributed by atoms with Crippen LogP contribution < -0.4 is 21.1 Å². The maximum absolute atomic E-state index is 14.0. The van der Waals surface area contributed by atoms with Crippen LogP contribution in [-0.4, -0.2) is 39.4 Å². The average Bonchev–Trinajstić information content (AvgIpc) is 3.37. The van der Waals surface area contributed by atoms with Crippen LogP contribution in [0.15, 0.2) is 86.9 Å². The minimum absolute atomic E-state index is 0.00544. The highest BCUT2D eigenvalue weighted by molar-refractivity contribution is 5.95. The van der Waals surface area contributed by atoms with Gasteiger partial charge in [0.2, 0.25) is 0 Å². The minimum Gasteiger partial charge on any atom is -0.496 e. The van der Waals surface area contributed by atoms with Gasteiger partial charge in [-0.05, 0) is 68.3 Å². The Morgan fingerprint density at radius 2 is 1.40 bits per heavy atom. The quantitative estimate of drug-likeness (QED) is 0.229. The van der Waals surface area contributed by atoms with Crippen molar-refractivity contribution in [3.05, 3.63) is 111 Å². The third-order valence-electron chi connectivity index (χ3n) is 7.65. The summed E-state index contributed by atoms with van der Waals surface area (Å²) in [7, 11) is 1.47. The molecule has 4 aromatic rings. The number of carbonyl (C=O) groups is 1. The Morgan fingerprint density at radius 1 is 0.822 bits per heavy atom. The van der Waals surface area contributed by atoms with Gasteiger partial charge in [-0.2, -0.15) is 30.9 Å². The van der Waals surface area contributed by atoms with Crippen LogP contribution in [0.25, 0.3) is 5.69 Å². The number of halogens is 6. The lowest BCUT2D eigenvalue weighted by molar-refractivity contribution is -0.138. The number of urea groups is 1. The van der Waals surface area contributed by atoms with Gasteiger partial charge in [-0.1, -0.05) is 30.3 Å². The number of hydrogen-bond acceptors (Lipinski definition) is 5. The first-order valence-electron chi connectivity index (χ1n) is 13.5. The Labute approximate surface area is 251 Å². The summed E-state index contributed by atoms with van der Waals surface area (Å²) < 4.78 is 92.7. The van der Waals surface area contributed by atoms with Crippen molar-refractivity contribution in [2.75, 3.05) is 18.6 Å². The van der Waals surface area contributed by atoms with Gasteiger partial charge in [-0.15, -0.1) is 4.74 Å². The zero-order valence-electron chi connectivity index (χ0n) is 24.0.